The number of anilines is 4. The van der Waals surface area contributed by atoms with Crippen LogP contribution < -0.4 is 21.1 Å². The van der Waals surface area contributed by atoms with Crippen molar-refractivity contribution in [1.82, 2.24) is 29.8 Å². The number of hydrogen-bond donors (Lipinski definition) is 4. The van der Waals surface area contributed by atoms with Crippen LogP contribution in [0.25, 0.3) is 22.6 Å². The molecule has 4 N–H and O–H groups in total. The molecule has 12 nitrogen and oxygen atoms in total. The first kappa shape index (κ1) is 25.9. The second-order valence-corrected chi connectivity index (χ2v) is 8.79. The largest absolute Gasteiger partial charge is 0.395 e. The van der Waals surface area contributed by atoms with Gasteiger partial charge >= 0.3 is 0 Å². The number of β-amino-alcohol motifs (C(OH)–C–C–N with tert-alkyl or cyclic N) is 1. The van der Waals surface area contributed by atoms with Crippen LogP contribution in [0, 0.1) is 5.82 Å². The summed E-state index contributed by atoms with van der Waals surface area (Å²) in [6, 6.07) is 9.68. The molecule has 0 spiro atoms. The van der Waals surface area contributed by atoms with Gasteiger partial charge in [0, 0.05) is 44.6 Å². The quantitative estimate of drug-likeness (QED) is 0.248. The Hall–Kier alpha value is -4.75. The van der Waals surface area contributed by atoms with E-state index in [1.54, 1.807) is 30.3 Å². The van der Waals surface area contributed by atoms with Crippen molar-refractivity contribution in [3.05, 3.63) is 71.4 Å². The molecule has 0 aliphatic carbocycles. The van der Waals surface area contributed by atoms with Crippen LogP contribution in [-0.2, 0) is 4.79 Å². The van der Waals surface area contributed by atoms with Crippen LogP contribution in [0.4, 0.5) is 27.5 Å². The smallest absolute Gasteiger partial charge is 0.262 e. The van der Waals surface area contributed by atoms with Gasteiger partial charge in [-0.25, -0.2) is 19.3 Å². The number of halogens is 1. The first-order chi connectivity index (χ1) is 18.9. The zero-order valence-electron chi connectivity index (χ0n) is 20.9. The number of hydrogen-bond acceptors (Lipinski definition) is 10. The van der Waals surface area contributed by atoms with Crippen LogP contribution in [0.3, 0.4) is 0 Å². The predicted octanol–water partition coefficient (Wildman–Crippen LogP) is 1.90. The van der Waals surface area contributed by atoms with E-state index in [0.29, 0.717) is 36.7 Å². The minimum Gasteiger partial charge on any atom is -0.395 e. The van der Waals surface area contributed by atoms with Gasteiger partial charge in [-0.1, -0.05) is 12.6 Å². The fourth-order valence-electron chi connectivity index (χ4n) is 4.25. The zero-order valence-corrected chi connectivity index (χ0v) is 20.9. The van der Waals surface area contributed by atoms with Gasteiger partial charge in [0.1, 0.15) is 22.7 Å². The number of aliphatic hydroxyl groups is 1. The highest BCUT2D eigenvalue weighted by Crippen LogP contribution is 2.25. The Labute approximate surface area is 222 Å². The molecule has 1 aromatic carbocycles. The number of carbonyl (C=O) groups is 1. The number of aromatic amines is 1. The van der Waals surface area contributed by atoms with Crippen molar-refractivity contribution in [2.75, 3.05) is 54.9 Å². The van der Waals surface area contributed by atoms with E-state index in [9.17, 15) is 14.0 Å². The molecule has 0 unspecified atom stereocenters. The van der Waals surface area contributed by atoms with Crippen molar-refractivity contribution in [1.29, 1.82) is 0 Å². The minimum absolute atomic E-state index is 0.108. The number of fused-ring (bicyclic) bond motifs is 1. The highest BCUT2D eigenvalue weighted by molar-refractivity contribution is 5.98. The summed E-state index contributed by atoms with van der Waals surface area (Å²) in [6.45, 7) is 6.97. The van der Waals surface area contributed by atoms with Crippen molar-refractivity contribution < 1.29 is 14.3 Å². The van der Waals surface area contributed by atoms with Crippen molar-refractivity contribution in [2.45, 2.75) is 0 Å². The van der Waals surface area contributed by atoms with E-state index in [1.807, 2.05) is 4.90 Å². The Balaban J connectivity index is 1.36. The number of aromatic nitrogens is 5. The van der Waals surface area contributed by atoms with Crippen LogP contribution in [0.2, 0.25) is 0 Å². The molecule has 1 aliphatic heterocycles. The fraction of sp³-hybridized carbons (Fsp3) is 0.231. The summed E-state index contributed by atoms with van der Waals surface area (Å²) in [6.07, 6.45) is 2.46. The number of piperazine rings is 1. The van der Waals surface area contributed by atoms with Crippen LogP contribution >= 0.6 is 0 Å². The summed E-state index contributed by atoms with van der Waals surface area (Å²) in [4.78, 5) is 48.3. The average molecular weight is 532 g/mol. The minimum atomic E-state index is -0.460. The summed E-state index contributed by atoms with van der Waals surface area (Å²) in [7, 11) is 0. The van der Waals surface area contributed by atoms with Gasteiger partial charge in [-0.3, -0.25) is 14.5 Å². The molecular formula is C26H26FN9O3. The first-order valence-electron chi connectivity index (χ1n) is 12.3. The van der Waals surface area contributed by atoms with Crippen LogP contribution in [0.1, 0.15) is 0 Å². The van der Waals surface area contributed by atoms with Gasteiger partial charge in [-0.15, -0.1) is 0 Å². The van der Waals surface area contributed by atoms with E-state index >= 15 is 0 Å². The van der Waals surface area contributed by atoms with Gasteiger partial charge < -0.3 is 25.6 Å². The molecular weight excluding hydrogens is 505 g/mol. The highest BCUT2D eigenvalue weighted by Gasteiger charge is 2.19. The number of H-pyrrole nitrogens is 1. The second-order valence-electron chi connectivity index (χ2n) is 8.79. The van der Waals surface area contributed by atoms with E-state index in [4.69, 9.17) is 5.11 Å². The summed E-state index contributed by atoms with van der Waals surface area (Å²) in [5.41, 5.74) is 0.913. The standard InChI is InChI=1S/C26H26FN9O3/c1-2-22(38)31-21-5-3-4-19(30-21)24-32-23-17(25(39)33-24)15-28-26(34-23)29-16-6-7-20(18(27)14-16)36-10-8-35(9-11-36)12-13-37/h2-7,14-15,37H,1,8-13H2,(H,30,31,38)(H2,28,29,32,33,34,39). The Kier molecular flexibility index (Phi) is 7.52. The van der Waals surface area contributed by atoms with E-state index in [1.165, 1.54) is 12.3 Å². The molecule has 1 fully saturated rings. The first-order valence-corrected chi connectivity index (χ1v) is 12.3. The van der Waals surface area contributed by atoms with Crippen molar-refractivity contribution in [2.24, 2.45) is 0 Å². The summed E-state index contributed by atoms with van der Waals surface area (Å²) >= 11 is 0. The summed E-state index contributed by atoms with van der Waals surface area (Å²) in [5.74, 6) is -0.253. The third kappa shape index (κ3) is 5.89. The maximum atomic E-state index is 15.0. The van der Waals surface area contributed by atoms with Gasteiger partial charge in [0.25, 0.3) is 5.56 Å². The molecule has 1 saturated heterocycles. The Morgan fingerprint density at radius 1 is 1.15 bits per heavy atom. The third-order valence-electron chi connectivity index (χ3n) is 6.22. The molecule has 200 valence electrons. The predicted molar refractivity (Wildman–Crippen MR) is 145 cm³/mol. The molecule has 1 amide bonds. The van der Waals surface area contributed by atoms with Crippen LogP contribution in [-0.4, -0.2) is 80.2 Å². The SMILES string of the molecule is C=CC(=O)Nc1cccc(-c2nc3nc(Nc4ccc(N5CCN(CCO)CC5)c(F)c4)ncc3c(=O)[nH]2)n1. The molecule has 0 saturated carbocycles. The van der Waals surface area contributed by atoms with Crippen LogP contribution in [0.15, 0.2) is 60.0 Å². The fourth-order valence-corrected chi connectivity index (χ4v) is 4.25. The van der Waals surface area contributed by atoms with Crippen molar-refractivity contribution >= 4 is 40.1 Å². The van der Waals surface area contributed by atoms with E-state index in [2.05, 4.69) is 47.0 Å². The molecule has 39 heavy (non-hydrogen) atoms. The average Bonchev–Trinajstić information content (AvgIpc) is 2.94. The molecule has 0 radical (unpaired) electrons. The Morgan fingerprint density at radius 3 is 2.72 bits per heavy atom. The number of carbonyl (C=O) groups excluding carboxylic acids is 1. The monoisotopic (exact) mass is 531 g/mol. The number of rotatable bonds is 8. The molecule has 4 heterocycles. The lowest BCUT2D eigenvalue weighted by molar-refractivity contribution is -0.111. The molecule has 0 atom stereocenters. The normalized spacial score (nSPS) is 13.8. The second kappa shape index (κ2) is 11.3. The number of benzene rings is 1. The van der Waals surface area contributed by atoms with E-state index in [0.717, 1.165) is 19.2 Å². The number of pyridine rings is 1. The van der Waals surface area contributed by atoms with Gasteiger partial charge in [0.2, 0.25) is 11.9 Å². The van der Waals surface area contributed by atoms with Crippen LogP contribution in [0.5, 0.6) is 0 Å². The molecule has 13 heteroatoms. The number of nitrogens with one attached hydrogen (secondary N) is 3. The summed E-state index contributed by atoms with van der Waals surface area (Å²) < 4.78 is 15.0. The number of amides is 1. The Morgan fingerprint density at radius 2 is 1.97 bits per heavy atom. The number of nitrogens with zero attached hydrogens (tertiary/aromatic N) is 6. The highest BCUT2D eigenvalue weighted by atomic mass is 19.1. The van der Waals surface area contributed by atoms with E-state index < -0.39 is 11.5 Å². The molecule has 3 aromatic heterocycles. The van der Waals surface area contributed by atoms with Gasteiger partial charge in [0.05, 0.1) is 12.3 Å². The van der Waals surface area contributed by atoms with Crippen molar-refractivity contribution in [3.63, 3.8) is 0 Å². The Bertz CT molecular complexity index is 1580. The lowest BCUT2D eigenvalue weighted by Gasteiger charge is -2.36. The third-order valence-corrected chi connectivity index (χ3v) is 6.22. The van der Waals surface area contributed by atoms with Gasteiger partial charge in [-0.2, -0.15) is 4.98 Å². The maximum absolute atomic E-state index is 15.0. The van der Waals surface area contributed by atoms with E-state index in [-0.39, 0.29) is 41.0 Å². The maximum Gasteiger partial charge on any atom is 0.262 e. The lowest BCUT2D eigenvalue weighted by Crippen LogP contribution is -2.47. The zero-order chi connectivity index (χ0) is 27.4. The molecule has 0 bridgehead atoms. The number of aliphatic hydroxyl groups excluding tert-OH is 1. The van der Waals surface area contributed by atoms with Crippen molar-refractivity contribution in [3.8, 4) is 11.5 Å². The van der Waals surface area contributed by atoms with Gasteiger partial charge in [0.15, 0.2) is 11.5 Å². The molecule has 1 aliphatic rings. The topological polar surface area (TPSA) is 152 Å². The summed E-state index contributed by atoms with van der Waals surface area (Å²) in [5, 5.41) is 14.8. The molecule has 4 aromatic rings. The van der Waals surface area contributed by atoms with Gasteiger partial charge in [-0.05, 0) is 36.4 Å². The lowest BCUT2D eigenvalue weighted by atomic mass is 10.2. The molecule has 5 rings (SSSR count).